The van der Waals surface area contributed by atoms with Gasteiger partial charge in [-0.1, -0.05) is 12.1 Å². The van der Waals surface area contributed by atoms with Gasteiger partial charge in [-0.25, -0.2) is 13.9 Å². The lowest BCUT2D eigenvalue weighted by Crippen LogP contribution is -2.30. The average molecular weight is 262 g/mol. The predicted molar refractivity (Wildman–Crippen MR) is 65.7 cm³/mol. The number of carbonyl (C=O) groups is 1. The maximum atomic E-state index is 12.8. The van der Waals surface area contributed by atoms with E-state index in [9.17, 15) is 14.0 Å². The molecule has 0 aliphatic rings. The van der Waals surface area contributed by atoms with Crippen LogP contribution in [0.5, 0.6) is 0 Å². The number of nitrogens with zero attached hydrogens (tertiary/aromatic N) is 2. The SMILES string of the molecule is C[C@@H](c1ccc(F)cc1)n1nccc(C(=O)O)c1=O. The number of carboxylic acids is 1. The summed E-state index contributed by atoms with van der Waals surface area (Å²) < 4.78 is 13.9. The van der Waals surface area contributed by atoms with Crippen molar-refractivity contribution >= 4 is 5.97 Å². The van der Waals surface area contributed by atoms with Gasteiger partial charge in [0.15, 0.2) is 0 Å². The Bertz CT molecular complexity index is 664. The number of carboxylic acid groups (broad SMARTS) is 1. The van der Waals surface area contributed by atoms with E-state index in [4.69, 9.17) is 5.11 Å². The fraction of sp³-hybridized carbons (Fsp3) is 0.154. The van der Waals surface area contributed by atoms with Crippen molar-refractivity contribution in [1.82, 2.24) is 9.78 Å². The minimum Gasteiger partial charge on any atom is -0.477 e. The van der Waals surface area contributed by atoms with Crippen molar-refractivity contribution in [2.45, 2.75) is 13.0 Å². The quantitative estimate of drug-likeness (QED) is 0.913. The molecule has 0 saturated carbocycles. The normalized spacial score (nSPS) is 12.1. The minimum absolute atomic E-state index is 0.344. The number of hydrogen-bond acceptors (Lipinski definition) is 3. The zero-order chi connectivity index (χ0) is 14.0. The summed E-state index contributed by atoms with van der Waals surface area (Å²) in [5, 5.41) is 12.8. The van der Waals surface area contributed by atoms with Crippen LogP contribution in [0.2, 0.25) is 0 Å². The van der Waals surface area contributed by atoms with E-state index in [2.05, 4.69) is 5.10 Å². The van der Waals surface area contributed by atoms with Crippen LogP contribution in [0.3, 0.4) is 0 Å². The van der Waals surface area contributed by atoms with E-state index < -0.39 is 17.6 Å². The Morgan fingerprint density at radius 3 is 2.53 bits per heavy atom. The molecule has 2 aromatic rings. The number of hydrogen-bond donors (Lipinski definition) is 1. The molecule has 0 aliphatic heterocycles. The number of benzene rings is 1. The van der Waals surface area contributed by atoms with Gasteiger partial charge in [0.1, 0.15) is 11.4 Å². The molecule has 1 aromatic carbocycles. The number of rotatable bonds is 3. The van der Waals surface area contributed by atoms with Gasteiger partial charge in [0.2, 0.25) is 0 Å². The first-order valence-electron chi connectivity index (χ1n) is 5.57. The minimum atomic E-state index is -1.30. The Morgan fingerprint density at radius 2 is 1.95 bits per heavy atom. The van der Waals surface area contributed by atoms with Crippen LogP contribution in [-0.2, 0) is 0 Å². The Balaban J connectivity index is 2.47. The zero-order valence-corrected chi connectivity index (χ0v) is 10.1. The summed E-state index contributed by atoms with van der Waals surface area (Å²) in [6, 6.07) is 6.28. The molecule has 0 saturated heterocycles. The van der Waals surface area contributed by atoms with Crippen LogP contribution in [0.15, 0.2) is 41.3 Å². The summed E-state index contributed by atoms with van der Waals surface area (Å²) in [6.45, 7) is 1.69. The van der Waals surface area contributed by atoms with Crippen LogP contribution in [0, 0.1) is 5.82 Å². The summed E-state index contributed by atoms with van der Waals surface area (Å²) >= 11 is 0. The third-order valence-electron chi connectivity index (χ3n) is 2.82. The Morgan fingerprint density at radius 1 is 1.32 bits per heavy atom. The van der Waals surface area contributed by atoms with Crippen LogP contribution in [0.4, 0.5) is 4.39 Å². The monoisotopic (exact) mass is 262 g/mol. The number of aromatic carboxylic acids is 1. The maximum Gasteiger partial charge on any atom is 0.341 e. The topological polar surface area (TPSA) is 72.2 Å². The number of aromatic nitrogens is 2. The average Bonchev–Trinajstić information content (AvgIpc) is 2.38. The van der Waals surface area contributed by atoms with E-state index in [0.29, 0.717) is 5.56 Å². The third-order valence-corrected chi connectivity index (χ3v) is 2.82. The lowest BCUT2D eigenvalue weighted by Gasteiger charge is -2.14. The molecule has 1 atom stereocenters. The van der Waals surface area contributed by atoms with E-state index in [1.165, 1.54) is 30.5 Å². The summed E-state index contributed by atoms with van der Waals surface area (Å²) in [5.74, 6) is -1.68. The highest BCUT2D eigenvalue weighted by Crippen LogP contribution is 2.15. The van der Waals surface area contributed by atoms with Gasteiger partial charge in [0.05, 0.1) is 6.04 Å². The van der Waals surface area contributed by atoms with Crippen molar-refractivity contribution in [1.29, 1.82) is 0 Å². The van der Waals surface area contributed by atoms with Crippen LogP contribution in [0.1, 0.15) is 28.9 Å². The largest absolute Gasteiger partial charge is 0.477 e. The first-order chi connectivity index (χ1) is 9.00. The van der Waals surface area contributed by atoms with Gasteiger partial charge in [0.25, 0.3) is 5.56 Å². The molecule has 0 spiro atoms. The number of halogens is 1. The second kappa shape index (κ2) is 5.01. The molecule has 5 nitrogen and oxygen atoms in total. The second-order valence-corrected chi connectivity index (χ2v) is 4.03. The molecule has 1 aromatic heterocycles. The first kappa shape index (κ1) is 12.9. The third kappa shape index (κ3) is 2.52. The van der Waals surface area contributed by atoms with Crippen LogP contribution >= 0.6 is 0 Å². The molecule has 98 valence electrons. The molecular formula is C13H11FN2O3. The van der Waals surface area contributed by atoms with Gasteiger partial charge < -0.3 is 5.11 Å². The van der Waals surface area contributed by atoms with E-state index in [1.807, 2.05) is 0 Å². The second-order valence-electron chi connectivity index (χ2n) is 4.03. The maximum absolute atomic E-state index is 12.8. The summed E-state index contributed by atoms with van der Waals surface area (Å²) in [5.41, 5.74) is -0.366. The van der Waals surface area contributed by atoms with Gasteiger partial charge in [-0.3, -0.25) is 4.79 Å². The molecule has 0 radical (unpaired) electrons. The molecule has 1 N–H and O–H groups in total. The Hall–Kier alpha value is -2.50. The molecule has 2 rings (SSSR count). The summed E-state index contributed by atoms with van der Waals surface area (Å²) in [4.78, 5) is 22.8. The van der Waals surface area contributed by atoms with Crippen molar-refractivity contribution in [3.63, 3.8) is 0 Å². The highest BCUT2D eigenvalue weighted by Gasteiger charge is 2.16. The van der Waals surface area contributed by atoms with Gasteiger partial charge >= 0.3 is 5.97 Å². The van der Waals surface area contributed by atoms with E-state index in [0.717, 1.165) is 10.7 Å². The molecule has 1 heterocycles. The molecule has 6 heteroatoms. The van der Waals surface area contributed by atoms with Crippen LogP contribution in [-0.4, -0.2) is 20.9 Å². The standard InChI is InChI=1S/C13H11FN2O3/c1-8(9-2-4-10(14)5-3-9)16-12(17)11(13(18)19)6-7-15-16/h2-8H,1H3,(H,18,19)/t8-/m0/s1. The lowest BCUT2D eigenvalue weighted by atomic mass is 10.1. The van der Waals surface area contributed by atoms with E-state index in [-0.39, 0.29) is 11.4 Å². The Labute approximate surface area is 107 Å². The van der Waals surface area contributed by atoms with Crippen molar-refractivity contribution in [3.05, 3.63) is 63.8 Å². The van der Waals surface area contributed by atoms with Crippen LogP contribution < -0.4 is 5.56 Å². The van der Waals surface area contributed by atoms with Crippen molar-refractivity contribution in [2.75, 3.05) is 0 Å². The molecule has 19 heavy (non-hydrogen) atoms. The fourth-order valence-electron chi connectivity index (χ4n) is 1.75. The highest BCUT2D eigenvalue weighted by molar-refractivity contribution is 5.86. The zero-order valence-electron chi connectivity index (χ0n) is 10.1. The lowest BCUT2D eigenvalue weighted by molar-refractivity contribution is 0.0693. The Kier molecular flexibility index (Phi) is 3.41. The van der Waals surface area contributed by atoms with E-state index >= 15 is 0 Å². The van der Waals surface area contributed by atoms with Crippen molar-refractivity contribution < 1.29 is 14.3 Å². The van der Waals surface area contributed by atoms with Gasteiger partial charge in [0, 0.05) is 6.20 Å². The molecule has 0 amide bonds. The molecular weight excluding hydrogens is 251 g/mol. The van der Waals surface area contributed by atoms with Crippen LogP contribution in [0.25, 0.3) is 0 Å². The van der Waals surface area contributed by atoms with Crippen molar-refractivity contribution in [2.24, 2.45) is 0 Å². The summed E-state index contributed by atoms with van der Waals surface area (Å²) in [7, 11) is 0. The molecule has 0 fully saturated rings. The predicted octanol–water partition coefficient (Wildman–Crippen LogP) is 1.69. The molecule has 0 unspecified atom stereocenters. The summed E-state index contributed by atoms with van der Waals surface area (Å²) in [6.07, 6.45) is 1.25. The van der Waals surface area contributed by atoms with E-state index in [1.54, 1.807) is 6.92 Å². The van der Waals surface area contributed by atoms with Gasteiger partial charge in [-0.2, -0.15) is 5.10 Å². The van der Waals surface area contributed by atoms with Gasteiger partial charge in [-0.15, -0.1) is 0 Å². The smallest absolute Gasteiger partial charge is 0.341 e. The molecule has 0 bridgehead atoms. The highest BCUT2D eigenvalue weighted by atomic mass is 19.1. The first-order valence-corrected chi connectivity index (χ1v) is 5.57. The molecule has 0 aliphatic carbocycles. The van der Waals surface area contributed by atoms with Crippen molar-refractivity contribution in [3.8, 4) is 0 Å². The fourth-order valence-corrected chi connectivity index (χ4v) is 1.75. The van der Waals surface area contributed by atoms with Gasteiger partial charge in [-0.05, 0) is 30.7 Å².